The Kier molecular flexibility index (Phi) is 5.21. The van der Waals surface area contributed by atoms with Crippen LogP contribution in [0.2, 0.25) is 0 Å². The van der Waals surface area contributed by atoms with Crippen LogP contribution >= 0.6 is 0 Å². The molecule has 1 fully saturated rings. The summed E-state index contributed by atoms with van der Waals surface area (Å²) in [4.78, 5) is 22.1. The smallest absolute Gasteiger partial charge is 0.407 e. The van der Waals surface area contributed by atoms with E-state index in [0.29, 0.717) is 0 Å². The Morgan fingerprint density at radius 3 is 2.83 bits per heavy atom. The number of nitrogens with two attached hydrogens (primary N) is 1. The van der Waals surface area contributed by atoms with Crippen LogP contribution in [0, 0.1) is 10.1 Å². The van der Waals surface area contributed by atoms with E-state index in [0.717, 1.165) is 12.1 Å². The Labute approximate surface area is 137 Å². The third kappa shape index (κ3) is 4.31. The molecule has 2 rings (SSSR count). The van der Waals surface area contributed by atoms with E-state index < -0.39 is 32.8 Å². The highest BCUT2D eigenvalue weighted by atomic mass is 32.2. The number of primary sulfonamides is 1. The third-order valence-electron chi connectivity index (χ3n) is 3.42. The van der Waals surface area contributed by atoms with Crippen LogP contribution < -0.4 is 10.5 Å². The highest BCUT2D eigenvalue weighted by molar-refractivity contribution is 7.89. The monoisotopic (exact) mass is 360 g/mol. The molecule has 1 aromatic rings. The van der Waals surface area contributed by atoms with Crippen molar-refractivity contribution in [2.24, 2.45) is 5.14 Å². The zero-order valence-electron chi connectivity index (χ0n) is 12.4. The van der Waals surface area contributed by atoms with Crippen molar-refractivity contribution in [3.8, 4) is 0 Å². The average molecular weight is 360 g/mol. The molecule has 0 bridgehead atoms. The van der Waals surface area contributed by atoms with Crippen LogP contribution in [0.3, 0.4) is 0 Å². The molecule has 0 spiro atoms. The molecule has 1 aliphatic rings. The minimum atomic E-state index is -4.06. The van der Waals surface area contributed by atoms with Crippen LogP contribution in [0.5, 0.6) is 0 Å². The minimum Gasteiger partial charge on any atom is -0.465 e. The predicted molar refractivity (Wildman–Crippen MR) is 82.3 cm³/mol. The molecule has 1 atom stereocenters. The first-order valence-corrected chi connectivity index (χ1v) is 8.37. The fourth-order valence-electron chi connectivity index (χ4n) is 2.23. The van der Waals surface area contributed by atoms with Crippen molar-refractivity contribution in [2.45, 2.75) is 11.0 Å². The molecule has 0 aromatic heterocycles. The van der Waals surface area contributed by atoms with Gasteiger partial charge in [0.15, 0.2) is 0 Å². The standard InChI is InChI=1S/C12H16N4O7S/c13-24(21,22)9-1-2-10(11(5-9)16(19)20)14-6-8-7-15(12(17)18)3-4-23-8/h1-2,5,8,14H,3-4,6-7H2,(H,17,18)(H2,13,21,22)/t8-/m0/s1. The van der Waals surface area contributed by atoms with Crippen molar-refractivity contribution < 1.29 is 28.0 Å². The molecule has 24 heavy (non-hydrogen) atoms. The molecule has 4 N–H and O–H groups in total. The topological polar surface area (TPSA) is 165 Å². The summed E-state index contributed by atoms with van der Waals surface area (Å²) in [6.45, 7) is 0.741. The number of nitro benzene ring substituents is 1. The lowest BCUT2D eigenvalue weighted by Crippen LogP contribution is -2.47. The second-order valence-electron chi connectivity index (χ2n) is 5.08. The number of nitrogens with zero attached hydrogens (tertiary/aromatic N) is 2. The number of ether oxygens (including phenoxy) is 1. The quantitative estimate of drug-likeness (QED) is 0.488. The molecule has 0 aliphatic carbocycles. The Bertz CT molecular complexity index is 752. The number of morpholine rings is 1. The molecule has 0 saturated carbocycles. The second kappa shape index (κ2) is 6.98. The number of sulfonamides is 1. The first-order valence-electron chi connectivity index (χ1n) is 6.83. The first-order chi connectivity index (χ1) is 11.2. The van der Waals surface area contributed by atoms with Crippen molar-refractivity contribution in [1.29, 1.82) is 0 Å². The number of amides is 1. The van der Waals surface area contributed by atoms with Crippen molar-refractivity contribution in [3.63, 3.8) is 0 Å². The predicted octanol–water partition coefficient (Wildman–Crippen LogP) is 0.0329. The van der Waals surface area contributed by atoms with E-state index in [-0.39, 0.29) is 36.8 Å². The molecule has 12 heteroatoms. The SMILES string of the molecule is NS(=O)(=O)c1ccc(NC[C@H]2CN(C(=O)O)CCO2)c([N+](=O)[O-])c1. The van der Waals surface area contributed by atoms with E-state index in [4.69, 9.17) is 15.0 Å². The van der Waals surface area contributed by atoms with E-state index in [1.54, 1.807) is 0 Å². The zero-order chi connectivity index (χ0) is 17.9. The van der Waals surface area contributed by atoms with Gasteiger partial charge in [0.2, 0.25) is 10.0 Å². The lowest BCUT2D eigenvalue weighted by atomic mass is 10.2. The highest BCUT2D eigenvalue weighted by Crippen LogP contribution is 2.27. The van der Waals surface area contributed by atoms with Crippen LogP contribution in [0.1, 0.15) is 0 Å². The summed E-state index contributed by atoms with van der Waals surface area (Å²) in [6.07, 6.45) is -1.54. The largest absolute Gasteiger partial charge is 0.465 e. The molecular weight excluding hydrogens is 344 g/mol. The summed E-state index contributed by atoms with van der Waals surface area (Å²) in [5, 5.41) is 27.8. The zero-order valence-corrected chi connectivity index (χ0v) is 13.2. The normalized spacial score (nSPS) is 18.2. The molecular formula is C12H16N4O7S. The summed E-state index contributed by atoms with van der Waals surface area (Å²) >= 11 is 0. The number of anilines is 1. The maximum atomic E-state index is 11.3. The lowest BCUT2D eigenvalue weighted by molar-refractivity contribution is -0.384. The number of hydrogen-bond acceptors (Lipinski definition) is 7. The maximum Gasteiger partial charge on any atom is 0.407 e. The molecule has 1 heterocycles. The van der Waals surface area contributed by atoms with Crippen LogP contribution in [0.25, 0.3) is 0 Å². The van der Waals surface area contributed by atoms with Crippen molar-refractivity contribution in [3.05, 3.63) is 28.3 Å². The van der Waals surface area contributed by atoms with Crippen molar-refractivity contribution >= 4 is 27.5 Å². The molecule has 1 amide bonds. The molecule has 1 aromatic carbocycles. The Morgan fingerprint density at radius 2 is 2.25 bits per heavy atom. The molecule has 1 aliphatic heterocycles. The Morgan fingerprint density at radius 1 is 1.54 bits per heavy atom. The van der Waals surface area contributed by atoms with Gasteiger partial charge in [-0.05, 0) is 12.1 Å². The summed E-state index contributed by atoms with van der Waals surface area (Å²) in [7, 11) is -4.06. The van der Waals surface area contributed by atoms with Gasteiger partial charge in [-0.15, -0.1) is 0 Å². The molecule has 0 unspecified atom stereocenters. The molecule has 11 nitrogen and oxygen atoms in total. The summed E-state index contributed by atoms with van der Waals surface area (Å²) in [6, 6.07) is 3.24. The van der Waals surface area contributed by atoms with Gasteiger partial charge in [0.1, 0.15) is 5.69 Å². The van der Waals surface area contributed by atoms with E-state index in [1.165, 1.54) is 11.0 Å². The van der Waals surface area contributed by atoms with E-state index >= 15 is 0 Å². The number of benzene rings is 1. The van der Waals surface area contributed by atoms with Crippen LogP contribution in [0.4, 0.5) is 16.2 Å². The van der Waals surface area contributed by atoms with Crippen molar-refractivity contribution in [1.82, 2.24) is 4.90 Å². The number of hydrogen-bond donors (Lipinski definition) is 3. The van der Waals surface area contributed by atoms with Gasteiger partial charge in [0.25, 0.3) is 5.69 Å². The number of carbonyl (C=O) groups is 1. The first kappa shape index (κ1) is 17.9. The third-order valence-corrected chi connectivity index (χ3v) is 4.33. The van der Waals surface area contributed by atoms with E-state index in [9.17, 15) is 23.3 Å². The van der Waals surface area contributed by atoms with Gasteiger partial charge in [0.05, 0.1) is 29.1 Å². The van der Waals surface area contributed by atoms with Crippen molar-refractivity contribution in [2.75, 3.05) is 31.6 Å². The summed E-state index contributed by atoms with van der Waals surface area (Å²) in [5.41, 5.74) is -0.365. The van der Waals surface area contributed by atoms with Gasteiger partial charge < -0.3 is 20.1 Å². The lowest BCUT2D eigenvalue weighted by Gasteiger charge is -2.31. The van der Waals surface area contributed by atoms with Crippen LogP contribution in [-0.4, -0.2) is 61.8 Å². The summed E-state index contributed by atoms with van der Waals surface area (Å²) in [5.74, 6) is 0. The van der Waals surface area contributed by atoms with Gasteiger partial charge >= 0.3 is 6.09 Å². The number of nitrogens with one attached hydrogen (secondary N) is 1. The van der Waals surface area contributed by atoms with Gasteiger partial charge in [-0.2, -0.15) is 0 Å². The average Bonchev–Trinajstić information content (AvgIpc) is 2.52. The summed E-state index contributed by atoms with van der Waals surface area (Å²) < 4.78 is 28.0. The fraction of sp³-hybridized carbons (Fsp3) is 0.417. The van der Waals surface area contributed by atoms with Gasteiger partial charge in [-0.1, -0.05) is 0 Å². The minimum absolute atomic E-state index is 0.0865. The molecule has 132 valence electrons. The van der Waals surface area contributed by atoms with E-state index in [2.05, 4.69) is 5.32 Å². The number of nitro groups is 1. The van der Waals surface area contributed by atoms with Crippen LogP contribution in [-0.2, 0) is 14.8 Å². The molecule has 0 radical (unpaired) electrons. The van der Waals surface area contributed by atoms with Crippen LogP contribution in [0.15, 0.2) is 23.1 Å². The Balaban J connectivity index is 2.12. The maximum absolute atomic E-state index is 11.3. The molecule has 1 saturated heterocycles. The number of carboxylic acid groups (broad SMARTS) is 1. The number of rotatable bonds is 5. The fourth-order valence-corrected chi connectivity index (χ4v) is 2.76. The van der Waals surface area contributed by atoms with Gasteiger partial charge in [-0.25, -0.2) is 18.4 Å². The Hall–Kier alpha value is -2.44. The highest BCUT2D eigenvalue weighted by Gasteiger charge is 2.25. The second-order valence-corrected chi connectivity index (χ2v) is 6.64. The van der Waals surface area contributed by atoms with Gasteiger partial charge in [0, 0.05) is 19.2 Å². The van der Waals surface area contributed by atoms with Gasteiger partial charge in [-0.3, -0.25) is 10.1 Å². The van der Waals surface area contributed by atoms with E-state index in [1.807, 2.05) is 0 Å².